The molecule has 2 amide bonds. The van der Waals surface area contributed by atoms with Gasteiger partial charge in [0.05, 0.1) is 5.75 Å². The average molecular weight is 304 g/mol. The molecule has 1 fully saturated rings. The largest absolute Gasteiger partial charge is 0.342 e. The first-order valence-electron chi connectivity index (χ1n) is 6.96. The van der Waals surface area contributed by atoms with E-state index < -0.39 is 21.4 Å². The molecule has 1 rings (SSSR count). The predicted octanol–water partition coefficient (Wildman–Crippen LogP) is 0.327. The predicted molar refractivity (Wildman–Crippen MR) is 77.0 cm³/mol. The summed E-state index contributed by atoms with van der Waals surface area (Å²) >= 11 is 0. The molecule has 116 valence electrons. The average Bonchev–Trinajstić information content (AvgIpc) is 2.36. The van der Waals surface area contributed by atoms with Crippen molar-refractivity contribution < 1.29 is 18.0 Å². The lowest BCUT2D eigenvalue weighted by atomic mass is 9.90. The van der Waals surface area contributed by atoms with Gasteiger partial charge in [-0.15, -0.1) is 0 Å². The number of piperazine rings is 1. The molecule has 0 aromatic rings. The summed E-state index contributed by atoms with van der Waals surface area (Å²) < 4.78 is 22.4. The van der Waals surface area contributed by atoms with Crippen molar-refractivity contribution >= 4 is 21.7 Å². The third-order valence-corrected chi connectivity index (χ3v) is 4.98. The van der Waals surface area contributed by atoms with Crippen molar-refractivity contribution in [2.45, 2.75) is 51.6 Å². The molecule has 0 bridgehead atoms. The minimum absolute atomic E-state index is 0.0228. The molecular formula is C13H24N2O4S. The Balaban J connectivity index is 2.90. The molecule has 1 saturated heterocycles. The van der Waals surface area contributed by atoms with Crippen LogP contribution in [-0.2, 0) is 19.4 Å². The summed E-state index contributed by atoms with van der Waals surface area (Å²) in [5.74, 6) is -0.259. The number of carbonyl (C=O) groups excluding carboxylic acids is 2. The van der Waals surface area contributed by atoms with Crippen molar-refractivity contribution in [2.75, 3.05) is 18.6 Å². The van der Waals surface area contributed by atoms with Crippen molar-refractivity contribution in [3.63, 3.8) is 0 Å². The lowest BCUT2D eigenvalue weighted by Crippen LogP contribution is -2.69. The van der Waals surface area contributed by atoms with Crippen LogP contribution in [-0.4, -0.2) is 55.3 Å². The molecule has 7 heteroatoms. The van der Waals surface area contributed by atoms with Crippen LogP contribution in [0.1, 0.15) is 40.0 Å². The lowest BCUT2D eigenvalue weighted by Gasteiger charge is -2.46. The maximum Gasteiger partial charge on any atom is 0.246 e. The Morgan fingerprint density at radius 3 is 2.35 bits per heavy atom. The van der Waals surface area contributed by atoms with E-state index >= 15 is 0 Å². The number of carbonyl (C=O) groups is 2. The van der Waals surface area contributed by atoms with E-state index in [4.69, 9.17) is 0 Å². The van der Waals surface area contributed by atoms with Gasteiger partial charge in [-0.3, -0.25) is 9.59 Å². The first-order chi connectivity index (χ1) is 9.15. The topological polar surface area (TPSA) is 83.6 Å². The molecule has 1 heterocycles. The highest BCUT2D eigenvalue weighted by atomic mass is 32.2. The van der Waals surface area contributed by atoms with Gasteiger partial charge in [0, 0.05) is 12.8 Å². The standard InChI is InChI=1S/C13H24N2O4S/c1-5-10-11(16)15(8-7-9-20(4,18)19)13(3,6-2)12(17)14-10/h10H,5-9H2,1-4H3,(H,14,17). The maximum atomic E-state index is 12.4. The van der Waals surface area contributed by atoms with Gasteiger partial charge in [0.2, 0.25) is 11.8 Å². The van der Waals surface area contributed by atoms with Gasteiger partial charge < -0.3 is 10.2 Å². The zero-order chi connectivity index (χ0) is 15.6. The fourth-order valence-corrected chi connectivity index (χ4v) is 3.05. The van der Waals surface area contributed by atoms with E-state index in [1.165, 1.54) is 6.26 Å². The minimum atomic E-state index is -3.06. The minimum Gasteiger partial charge on any atom is -0.342 e. The van der Waals surface area contributed by atoms with Crippen LogP contribution in [0.3, 0.4) is 0 Å². The lowest BCUT2D eigenvalue weighted by molar-refractivity contribution is -0.156. The Labute approximate surface area is 120 Å². The summed E-state index contributed by atoms with van der Waals surface area (Å²) in [4.78, 5) is 26.1. The molecule has 1 aliphatic rings. The fourth-order valence-electron chi connectivity index (χ4n) is 2.40. The second-order valence-corrected chi connectivity index (χ2v) is 7.79. The smallest absolute Gasteiger partial charge is 0.246 e. The summed E-state index contributed by atoms with van der Waals surface area (Å²) in [6.07, 6.45) is 2.56. The number of amides is 2. The molecule has 0 saturated carbocycles. The summed E-state index contributed by atoms with van der Waals surface area (Å²) in [5.41, 5.74) is -0.889. The third kappa shape index (κ3) is 3.50. The van der Waals surface area contributed by atoms with Gasteiger partial charge in [0.15, 0.2) is 0 Å². The van der Waals surface area contributed by atoms with Crippen LogP contribution in [0.25, 0.3) is 0 Å². The van der Waals surface area contributed by atoms with Gasteiger partial charge in [0.25, 0.3) is 0 Å². The molecule has 0 radical (unpaired) electrons. The molecule has 1 N–H and O–H groups in total. The second kappa shape index (κ2) is 6.11. The molecule has 1 aliphatic heterocycles. The van der Waals surface area contributed by atoms with Crippen LogP contribution in [0.4, 0.5) is 0 Å². The van der Waals surface area contributed by atoms with E-state index in [-0.39, 0.29) is 17.6 Å². The Kier molecular flexibility index (Phi) is 5.18. The number of nitrogens with zero attached hydrogens (tertiary/aromatic N) is 1. The Hall–Kier alpha value is -1.11. The Morgan fingerprint density at radius 1 is 1.30 bits per heavy atom. The first kappa shape index (κ1) is 16.9. The summed E-state index contributed by atoms with van der Waals surface area (Å²) in [7, 11) is -3.06. The van der Waals surface area contributed by atoms with Gasteiger partial charge in [-0.05, 0) is 26.2 Å². The Morgan fingerprint density at radius 2 is 1.90 bits per heavy atom. The van der Waals surface area contributed by atoms with E-state index in [0.29, 0.717) is 25.8 Å². The molecule has 6 nitrogen and oxygen atoms in total. The van der Waals surface area contributed by atoms with Crippen LogP contribution in [0, 0.1) is 0 Å². The highest BCUT2D eigenvalue weighted by Gasteiger charge is 2.47. The van der Waals surface area contributed by atoms with Crippen molar-refractivity contribution in [1.82, 2.24) is 10.2 Å². The zero-order valence-corrected chi connectivity index (χ0v) is 13.4. The zero-order valence-electron chi connectivity index (χ0n) is 12.6. The Bertz CT molecular complexity index is 489. The van der Waals surface area contributed by atoms with E-state index in [0.717, 1.165) is 0 Å². The van der Waals surface area contributed by atoms with Gasteiger partial charge in [-0.25, -0.2) is 8.42 Å². The normalized spacial score (nSPS) is 27.6. The molecule has 20 heavy (non-hydrogen) atoms. The molecular weight excluding hydrogens is 280 g/mol. The molecule has 2 unspecified atom stereocenters. The van der Waals surface area contributed by atoms with Gasteiger partial charge in [-0.2, -0.15) is 0 Å². The van der Waals surface area contributed by atoms with Gasteiger partial charge in [-0.1, -0.05) is 13.8 Å². The van der Waals surface area contributed by atoms with Crippen LogP contribution in [0.15, 0.2) is 0 Å². The van der Waals surface area contributed by atoms with E-state index in [1.807, 2.05) is 13.8 Å². The monoisotopic (exact) mass is 304 g/mol. The molecule has 0 aromatic heterocycles. The van der Waals surface area contributed by atoms with E-state index in [9.17, 15) is 18.0 Å². The maximum absolute atomic E-state index is 12.4. The number of hydrogen-bond donors (Lipinski definition) is 1. The summed E-state index contributed by atoms with van der Waals surface area (Å²) in [6.45, 7) is 5.71. The molecule has 0 aromatic carbocycles. The molecule has 2 atom stereocenters. The molecule has 0 aliphatic carbocycles. The van der Waals surface area contributed by atoms with E-state index in [2.05, 4.69) is 5.32 Å². The van der Waals surface area contributed by atoms with Gasteiger partial charge >= 0.3 is 0 Å². The number of hydrogen-bond acceptors (Lipinski definition) is 4. The SMILES string of the molecule is CCC1NC(=O)C(C)(CC)N(CCCS(C)(=O)=O)C1=O. The van der Waals surface area contributed by atoms with Crippen molar-refractivity contribution in [3.05, 3.63) is 0 Å². The van der Waals surface area contributed by atoms with Crippen molar-refractivity contribution in [1.29, 1.82) is 0 Å². The summed E-state index contributed by atoms with van der Waals surface area (Å²) in [6, 6.07) is -0.500. The van der Waals surface area contributed by atoms with Gasteiger partial charge in [0.1, 0.15) is 21.4 Å². The van der Waals surface area contributed by atoms with E-state index in [1.54, 1.807) is 11.8 Å². The van der Waals surface area contributed by atoms with Crippen LogP contribution in [0.5, 0.6) is 0 Å². The van der Waals surface area contributed by atoms with Crippen LogP contribution in [0.2, 0.25) is 0 Å². The quantitative estimate of drug-likeness (QED) is 0.766. The highest BCUT2D eigenvalue weighted by Crippen LogP contribution is 2.26. The first-order valence-corrected chi connectivity index (χ1v) is 9.02. The fraction of sp³-hybridized carbons (Fsp3) is 0.846. The van der Waals surface area contributed by atoms with Crippen LogP contribution < -0.4 is 5.32 Å². The number of sulfone groups is 1. The highest BCUT2D eigenvalue weighted by molar-refractivity contribution is 7.90. The third-order valence-electron chi connectivity index (χ3n) is 3.95. The molecule has 0 spiro atoms. The number of rotatable bonds is 6. The van der Waals surface area contributed by atoms with Crippen molar-refractivity contribution in [2.24, 2.45) is 0 Å². The summed E-state index contributed by atoms with van der Waals surface area (Å²) in [5, 5.41) is 2.75. The number of nitrogens with one attached hydrogen (secondary N) is 1. The van der Waals surface area contributed by atoms with Crippen molar-refractivity contribution in [3.8, 4) is 0 Å². The van der Waals surface area contributed by atoms with Crippen LogP contribution >= 0.6 is 0 Å². The second-order valence-electron chi connectivity index (χ2n) is 5.54.